The topological polar surface area (TPSA) is 65.9 Å². The van der Waals surface area contributed by atoms with E-state index in [1.807, 2.05) is 19.1 Å². The van der Waals surface area contributed by atoms with E-state index in [1.54, 1.807) is 19.2 Å². The quantitative estimate of drug-likeness (QED) is 0.564. The number of hydrogen-bond acceptors (Lipinski definition) is 3. The molecule has 5 heteroatoms. The maximum absolute atomic E-state index is 9.96. The number of guanidine groups is 1. The first-order valence-corrected chi connectivity index (χ1v) is 8.06. The summed E-state index contributed by atoms with van der Waals surface area (Å²) in [4.78, 5) is 4.59. The fraction of sp³-hybridized carbons (Fsp3) is 0.316. The largest absolute Gasteiger partial charge is 0.508 e. The molecular weight excluding hydrogens is 302 g/mol. The van der Waals surface area contributed by atoms with Crippen molar-refractivity contribution in [2.45, 2.75) is 26.9 Å². The standard InChI is InChI=1S/C19H25N3O2/c1-4-20-19(21-12-15-7-5-6-14(2)10-15)22-13-16-11-17(24-3)8-9-18(16)23/h5-11,23H,4,12-13H2,1-3H3,(H2,20,21,22). The first kappa shape index (κ1) is 17.7. The van der Waals surface area contributed by atoms with E-state index < -0.39 is 0 Å². The van der Waals surface area contributed by atoms with Crippen LogP contribution in [0.15, 0.2) is 47.5 Å². The predicted octanol–water partition coefficient (Wildman–Crippen LogP) is 2.96. The Morgan fingerprint density at radius 2 is 2.00 bits per heavy atom. The van der Waals surface area contributed by atoms with Gasteiger partial charge in [0.2, 0.25) is 0 Å². The van der Waals surface area contributed by atoms with Crippen LogP contribution in [0.5, 0.6) is 11.5 Å². The van der Waals surface area contributed by atoms with Crippen molar-refractivity contribution in [2.24, 2.45) is 4.99 Å². The Kier molecular flexibility index (Phi) is 6.49. The third-order valence-corrected chi connectivity index (χ3v) is 3.58. The van der Waals surface area contributed by atoms with Crippen LogP contribution in [0.2, 0.25) is 0 Å². The molecular formula is C19H25N3O2. The Morgan fingerprint density at radius 3 is 2.71 bits per heavy atom. The highest BCUT2D eigenvalue weighted by molar-refractivity contribution is 5.79. The number of phenols is 1. The molecule has 128 valence electrons. The lowest BCUT2D eigenvalue weighted by Crippen LogP contribution is -2.36. The zero-order valence-electron chi connectivity index (χ0n) is 14.5. The third-order valence-electron chi connectivity index (χ3n) is 3.58. The number of aromatic hydroxyl groups is 1. The summed E-state index contributed by atoms with van der Waals surface area (Å²) >= 11 is 0. The van der Waals surface area contributed by atoms with Gasteiger partial charge in [0.1, 0.15) is 11.5 Å². The van der Waals surface area contributed by atoms with Crippen molar-refractivity contribution >= 4 is 5.96 Å². The van der Waals surface area contributed by atoms with E-state index in [9.17, 15) is 5.11 Å². The van der Waals surface area contributed by atoms with Crippen LogP contribution < -0.4 is 15.4 Å². The summed E-state index contributed by atoms with van der Waals surface area (Å²) in [5.74, 6) is 1.66. The molecule has 24 heavy (non-hydrogen) atoms. The summed E-state index contributed by atoms with van der Waals surface area (Å²) < 4.78 is 5.20. The predicted molar refractivity (Wildman–Crippen MR) is 97.5 cm³/mol. The smallest absolute Gasteiger partial charge is 0.191 e. The molecule has 2 aromatic carbocycles. The average molecular weight is 327 g/mol. The second-order valence-corrected chi connectivity index (χ2v) is 5.53. The zero-order valence-corrected chi connectivity index (χ0v) is 14.5. The second kappa shape index (κ2) is 8.82. The highest BCUT2D eigenvalue weighted by Crippen LogP contribution is 2.22. The molecule has 0 aliphatic carbocycles. The summed E-state index contributed by atoms with van der Waals surface area (Å²) in [6, 6.07) is 13.5. The summed E-state index contributed by atoms with van der Waals surface area (Å²) in [7, 11) is 1.61. The average Bonchev–Trinajstić information content (AvgIpc) is 2.58. The minimum absolute atomic E-state index is 0.234. The van der Waals surface area contributed by atoms with E-state index in [-0.39, 0.29) is 5.75 Å². The van der Waals surface area contributed by atoms with Crippen LogP contribution in [0.3, 0.4) is 0 Å². The molecule has 0 spiro atoms. The molecule has 0 fully saturated rings. The molecule has 0 atom stereocenters. The fourth-order valence-electron chi connectivity index (χ4n) is 2.33. The van der Waals surface area contributed by atoms with Crippen LogP contribution in [0.1, 0.15) is 23.6 Å². The number of nitrogens with zero attached hydrogens (tertiary/aromatic N) is 1. The Labute approximate surface area is 143 Å². The highest BCUT2D eigenvalue weighted by Gasteiger charge is 2.05. The van der Waals surface area contributed by atoms with Crippen molar-refractivity contribution in [3.63, 3.8) is 0 Å². The molecule has 0 unspecified atom stereocenters. The summed E-state index contributed by atoms with van der Waals surface area (Å²) in [6.45, 7) is 5.92. The Hall–Kier alpha value is -2.69. The number of hydrogen-bond donors (Lipinski definition) is 3. The molecule has 0 saturated heterocycles. The lowest BCUT2D eigenvalue weighted by Gasteiger charge is -2.13. The number of nitrogens with one attached hydrogen (secondary N) is 2. The first-order valence-electron chi connectivity index (χ1n) is 8.06. The van der Waals surface area contributed by atoms with E-state index in [4.69, 9.17) is 4.74 Å². The minimum Gasteiger partial charge on any atom is -0.508 e. The Morgan fingerprint density at radius 1 is 1.17 bits per heavy atom. The molecule has 0 heterocycles. The number of benzene rings is 2. The lowest BCUT2D eigenvalue weighted by atomic mass is 10.1. The van der Waals surface area contributed by atoms with Gasteiger partial charge in [-0.15, -0.1) is 0 Å². The van der Waals surface area contributed by atoms with Gasteiger partial charge in [-0.2, -0.15) is 0 Å². The van der Waals surface area contributed by atoms with Gasteiger partial charge >= 0.3 is 0 Å². The van der Waals surface area contributed by atoms with Crippen LogP contribution >= 0.6 is 0 Å². The molecule has 0 aliphatic heterocycles. The van der Waals surface area contributed by atoms with Gasteiger partial charge in [0, 0.05) is 18.7 Å². The highest BCUT2D eigenvalue weighted by atomic mass is 16.5. The molecule has 0 saturated carbocycles. The van der Waals surface area contributed by atoms with Gasteiger partial charge in [-0.25, -0.2) is 4.99 Å². The summed E-state index contributed by atoms with van der Waals surface area (Å²) in [5, 5.41) is 16.4. The lowest BCUT2D eigenvalue weighted by molar-refractivity contribution is 0.410. The molecule has 0 amide bonds. The molecule has 2 rings (SSSR count). The Bertz CT molecular complexity index is 699. The van der Waals surface area contributed by atoms with Gasteiger partial charge in [0.25, 0.3) is 0 Å². The van der Waals surface area contributed by atoms with Gasteiger partial charge in [0.05, 0.1) is 13.7 Å². The molecule has 3 N–H and O–H groups in total. The first-order chi connectivity index (χ1) is 11.6. The van der Waals surface area contributed by atoms with Gasteiger partial charge < -0.3 is 20.5 Å². The van der Waals surface area contributed by atoms with Crippen molar-refractivity contribution in [1.82, 2.24) is 10.6 Å². The van der Waals surface area contributed by atoms with E-state index in [0.717, 1.165) is 17.7 Å². The van der Waals surface area contributed by atoms with E-state index in [1.165, 1.54) is 5.56 Å². The third kappa shape index (κ3) is 5.19. The van der Waals surface area contributed by atoms with Crippen molar-refractivity contribution < 1.29 is 9.84 Å². The van der Waals surface area contributed by atoms with Crippen LogP contribution in [-0.4, -0.2) is 24.7 Å². The fourth-order valence-corrected chi connectivity index (χ4v) is 2.33. The monoisotopic (exact) mass is 327 g/mol. The van der Waals surface area contributed by atoms with E-state index in [2.05, 4.69) is 40.7 Å². The van der Waals surface area contributed by atoms with Gasteiger partial charge in [-0.1, -0.05) is 29.8 Å². The molecule has 0 bridgehead atoms. The van der Waals surface area contributed by atoms with Crippen LogP contribution in [-0.2, 0) is 13.1 Å². The zero-order chi connectivity index (χ0) is 17.4. The molecule has 5 nitrogen and oxygen atoms in total. The number of methoxy groups -OCH3 is 1. The number of ether oxygens (including phenoxy) is 1. The minimum atomic E-state index is 0.234. The Balaban J connectivity index is 2.04. The molecule has 2 aromatic rings. The number of aryl methyl sites for hydroxylation is 1. The second-order valence-electron chi connectivity index (χ2n) is 5.53. The van der Waals surface area contributed by atoms with Gasteiger partial charge in [-0.3, -0.25) is 0 Å². The van der Waals surface area contributed by atoms with Crippen molar-refractivity contribution in [3.05, 3.63) is 59.2 Å². The maximum atomic E-state index is 9.96. The SMILES string of the molecule is CCNC(=NCc1cccc(C)c1)NCc1cc(OC)ccc1O. The summed E-state index contributed by atoms with van der Waals surface area (Å²) in [5.41, 5.74) is 3.15. The van der Waals surface area contributed by atoms with Gasteiger partial charge in [0.15, 0.2) is 5.96 Å². The van der Waals surface area contributed by atoms with Crippen molar-refractivity contribution in [3.8, 4) is 11.5 Å². The van der Waals surface area contributed by atoms with E-state index in [0.29, 0.717) is 24.8 Å². The van der Waals surface area contributed by atoms with Gasteiger partial charge in [-0.05, 0) is 37.6 Å². The van der Waals surface area contributed by atoms with Crippen molar-refractivity contribution in [1.29, 1.82) is 0 Å². The van der Waals surface area contributed by atoms with Crippen LogP contribution in [0.4, 0.5) is 0 Å². The van der Waals surface area contributed by atoms with Crippen LogP contribution in [0, 0.1) is 6.92 Å². The van der Waals surface area contributed by atoms with Crippen LogP contribution in [0.25, 0.3) is 0 Å². The van der Waals surface area contributed by atoms with Crippen molar-refractivity contribution in [2.75, 3.05) is 13.7 Å². The molecule has 0 aliphatic rings. The maximum Gasteiger partial charge on any atom is 0.191 e. The number of rotatable bonds is 6. The number of phenolic OH excluding ortho intramolecular Hbond substituents is 1. The molecule has 0 aromatic heterocycles. The summed E-state index contributed by atoms with van der Waals surface area (Å²) in [6.07, 6.45) is 0. The normalized spacial score (nSPS) is 11.2. The molecule has 0 radical (unpaired) electrons. The van der Waals surface area contributed by atoms with E-state index >= 15 is 0 Å². The number of aliphatic imine (C=N–C) groups is 1.